The molecule has 1 rings (SSSR count). The van der Waals surface area contributed by atoms with Crippen molar-refractivity contribution in [2.75, 3.05) is 59.5 Å². The Morgan fingerprint density at radius 1 is 1.28 bits per heavy atom. The first-order valence-electron chi connectivity index (χ1n) is 6.16. The summed E-state index contributed by atoms with van der Waals surface area (Å²) in [7, 11) is 1.62. The lowest BCUT2D eigenvalue weighted by Crippen LogP contribution is -2.51. The number of nitrogens with one attached hydrogen (secondary N) is 1. The zero-order valence-corrected chi connectivity index (χ0v) is 10.9. The number of hydrogen-bond donors (Lipinski definition) is 2. The molecule has 0 spiro atoms. The van der Waals surface area contributed by atoms with E-state index in [-0.39, 0.29) is 18.4 Å². The molecule has 1 aliphatic rings. The van der Waals surface area contributed by atoms with Gasteiger partial charge in [-0.1, -0.05) is 0 Å². The molecule has 1 heterocycles. The van der Waals surface area contributed by atoms with Crippen LogP contribution in [0.2, 0.25) is 0 Å². The van der Waals surface area contributed by atoms with Gasteiger partial charge in [0.25, 0.3) is 0 Å². The third-order valence-electron chi connectivity index (χ3n) is 2.86. The van der Waals surface area contributed by atoms with E-state index in [1.807, 2.05) is 4.90 Å². The molecule has 0 atom stereocenters. The number of nitrogens with zero attached hydrogens (tertiary/aromatic N) is 2. The maximum absolute atomic E-state index is 11.7. The molecule has 104 valence electrons. The Hall–Kier alpha value is -1.18. The monoisotopic (exact) mass is 258 g/mol. The van der Waals surface area contributed by atoms with E-state index in [0.717, 1.165) is 13.1 Å². The van der Waals surface area contributed by atoms with Gasteiger partial charge < -0.3 is 20.7 Å². The summed E-state index contributed by atoms with van der Waals surface area (Å²) >= 11 is 0. The number of nitrogens with two attached hydrogens (primary N) is 1. The molecule has 0 unspecified atom stereocenters. The fourth-order valence-electron chi connectivity index (χ4n) is 1.77. The van der Waals surface area contributed by atoms with Gasteiger partial charge in [0.05, 0.1) is 13.2 Å². The minimum absolute atomic E-state index is 0.000977. The molecule has 1 fully saturated rings. The standard InChI is InChI=1S/C11H22N4O3/c1-13-10(16)8-14-3-5-15(6-4-14)11(17)9-18-7-2-12/h2-9,12H2,1H3,(H,13,16). The number of likely N-dealkylation sites (N-methyl/N-ethyl adjacent to an activating group) is 1. The minimum atomic E-state index is -0.0111. The lowest BCUT2D eigenvalue weighted by Gasteiger charge is -2.34. The largest absolute Gasteiger partial charge is 0.370 e. The van der Waals surface area contributed by atoms with Gasteiger partial charge in [-0.2, -0.15) is 0 Å². The fraction of sp³-hybridized carbons (Fsp3) is 0.818. The van der Waals surface area contributed by atoms with Gasteiger partial charge in [-0.05, 0) is 0 Å². The summed E-state index contributed by atoms with van der Waals surface area (Å²) in [6, 6.07) is 0. The van der Waals surface area contributed by atoms with Gasteiger partial charge in [-0.3, -0.25) is 14.5 Å². The molecule has 1 saturated heterocycles. The van der Waals surface area contributed by atoms with E-state index in [9.17, 15) is 9.59 Å². The van der Waals surface area contributed by atoms with Crippen molar-refractivity contribution in [1.82, 2.24) is 15.1 Å². The Bertz CT molecular complexity index is 277. The summed E-state index contributed by atoms with van der Waals surface area (Å²) in [5.41, 5.74) is 5.28. The van der Waals surface area contributed by atoms with Crippen molar-refractivity contribution in [2.45, 2.75) is 0 Å². The highest BCUT2D eigenvalue weighted by atomic mass is 16.5. The summed E-state index contributed by atoms with van der Waals surface area (Å²) < 4.78 is 5.11. The van der Waals surface area contributed by atoms with Crippen molar-refractivity contribution in [3.63, 3.8) is 0 Å². The Morgan fingerprint density at radius 2 is 1.94 bits per heavy atom. The van der Waals surface area contributed by atoms with E-state index in [0.29, 0.717) is 32.8 Å². The predicted molar refractivity (Wildman–Crippen MR) is 67.0 cm³/mol. The third-order valence-corrected chi connectivity index (χ3v) is 2.86. The molecule has 0 aromatic rings. The summed E-state index contributed by atoms with van der Waals surface area (Å²) in [6.07, 6.45) is 0. The average molecular weight is 258 g/mol. The summed E-state index contributed by atoms with van der Waals surface area (Å²) in [6.45, 7) is 4.03. The van der Waals surface area contributed by atoms with Crippen LogP contribution in [0.5, 0.6) is 0 Å². The van der Waals surface area contributed by atoms with Gasteiger partial charge in [0.2, 0.25) is 11.8 Å². The van der Waals surface area contributed by atoms with Crippen molar-refractivity contribution in [3.8, 4) is 0 Å². The van der Waals surface area contributed by atoms with Crippen LogP contribution in [-0.4, -0.2) is 81.1 Å². The number of carbonyl (C=O) groups excluding carboxylic acids is 2. The van der Waals surface area contributed by atoms with Crippen LogP contribution < -0.4 is 11.1 Å². The molecule has 0 aromatic heterocycles. The first kappa shape index (κ1) is 14.9. The average Bonchev–Trinajstić information content (AvgIpc) is 2.39. The van der Waals surface area contributed by atoms with Gasteiger partial charge in [0.15, 0.2) is 0 Å². The number of amides is 2. The second kappa shape index (κ2) is 8.02. The van der Waals surface area contributed by atoms with Gasteiger partial charge in [-0.15, -0.1) is 0 Å². The number of rotatable bonds is 6. The zero-order valence-electron chi connectivity index (χ0n) is 10.9. The molecule has 1 aliphatic heterocycles. The first-order valence-corrected chi connectivity index (χ1v) is 6.16. The molecule has 7 nitrogen and oxygen atoms in total. The molecular weight excluding hydrogens is 236 g/mol. The molecule has 3 N–H and O–H groups in total. The molecule has 0 saturated carbocycles. The molecular formula is C11H22N4O3. The second-order valence-corrected chi connectivity index (χ2v) is 4.17. The highest BCUT2D eigenvalue weighted by Crippen LogP contribution is 2.02. The van der Waals surface area contributed by atoms with Crippen molar-refractivity contribution >= 4 is 11.8 Å². The Balaban J connectivity index is 2.22. The topological polar surface area (TPSA) is 87.9 Å². The maximum atomic E-state index is 11.7. The SMILES string of the molecule is CNC(=O)CN1CCN(C(=O)COCCN)CC1. The molecule has 0 aromatic carbocycles. The number of hydrogen-bond acceptors (Lipinski definition) is 5. The lowest BCUT2D eigenvalue weighted by atomic mass is 10.3. The molecule has 2 amide bonds. The quantitative estimate of drug-likeness (QED) is 0.530. The van der Waals surface area contributed by atoms with E-state index in [1.54, 1.807) is 11.9 Å². The molecule has 0 bridgehead atoms. The zero-order chi connectivity index (χ0) is 13.4. The molecule has 0 radical (unpaired) electrons. The van der Waals surface area contributed by atoms with Crippen LogP contribution in [0.1, 0.15) is 0 Å². The maximum Gasteiger partial charge on any atom is 0.248 e. The van der Waals surface area contributed by atoms with Crippen LogP contribution in [0.3, 0.4) is 0 Å². The highest BCUT2D eigenvalue weighted by molar-refractivity contribution is 5.78. The smallest absolute Gasteiger partial charge is 0.248 e. The molecule has 18 heavy (non-hydrogen) atoms. The van der Waals surface area contributed by atoms with Crippen LogP contribution in [0.25, 0.3) is 0 Å². The van der Waals surface area contributed by atoms with Gasteiger partial charge in [-0.25, -0.2) is 0 Å². The number of piperazine rings is 1. The summed E-state index contributed by atoms with van der Waals surface area (Å²) in [5, 5.41) is 2.59. The van der Waals surface area contributed by atoms with E-state index in [2.05, 4.69) is 5.32 Å². The van der Waals surface area contributed by atoms with Crippen LogP contribution in [-0.2, 0) is 14.3 Å². The van der Waals surface area contributed by atoms with E-state index in [1.165, 1.54) is 0 Å². The first-order chi connectivity index (χ1) is 8.67. The van der Waals surface area contributed by atoms with Crippen LogP contribution in [0.15, 0.2) is 0 Å². The van der Waals surface area contributed by atoms with Gasteiger partial charge in [0.1, 0.15) is 6.61 Å². The lowest BCUT2D eigenvalue weighted by molar-refractivity contribution is -0.138. The van der Waals surface area contributed by atoms with Crippen LogP contribution in [0.4, 0.5) is 0 Å². The van der Waals surface area contributed by atoms with Gasteiger partial charge >= 0.3 is 0 Å². The minimum Gasteiger partial charge on any atom is -0.370 e. The van der Waals surface area contributed by atoms with E-state index >= 15 is 0 Å². The Kier molecular flexibility index (Phi) is 6.63. The predicted octanol–water partition coefficient (Wildman–Crippen LogP) is -2.15. The summed E-state index contributed by atoms with van der Waals surface area (Å²) in [5.74, 6) is -0.0101. The number of carbonyl (C=O) groups is 2. The highest BCUT2D eigenvalue weighted by Gasteiger charge is 2.21. The number of ether oxygens (including phenoxy) is 1. The van der Waals surface area contributed by atoms with Crippen molar-refractivity contribution in [3.05, 3.63) is 0 Å². The third kappa shape index (κ3) is 4.99. The normalized spacial score (nSPS) is 16.7. The Labute approximate surface area is 107 Å². The Morgan fingerprint density at radius 3 is 2.50 bits per heavy atom. The van der Waals surface area contributed by atoms with Crippen molar-refractivity contribution in [2.24, 2.45) is 5.73 Å². The van der Waals surface area contributed by atoms with E-state index < -0.39 is 0 Å². The second-order valence-electron chi connectivity index (χ2n) is 4.17. The van der Waals surface area contributed by atoms with Crippen molar-refractivity contribution in [1.29, 1.82) is 0 Å². The molecule has 0 aliphatic carbocycles. The van der Waals surface area contributed by atoms with Crippen LogP contribution >= 0.6 is 0 Å². The van der Waals surface area contributed by atoms with Crippen molar-refractivity contribution < 1.29 is 14.3 Å². The molecule has 7 heteroatoms. The van der Waals surface area contributed by atoms with E-state index in [4.69, 9.17) is 10.5 Å². The van der Waals surface area contributed by atoms with Gasteiger partial charge in [0, 0.05) is 39.8 Å². The summed E-state index contributed by atoms with van der Waals surface area (Å²) in [4.78, 5) is 26.7. The fourth-order valence-corrected chi connectivity index (χ4v) is 1.77. The van der Waals surface area contributed by atoms with Crippen LogP contribution in [0, 0.1) is 0 Å².